The maximum atomic E-state index is 13.0. The van der Waals surface area contributed by atoms with Gasteiger partial charge in [-0.15, -0.1) is 0 Å². The van der Waals surface area contributed by atoms with Crippen LogP contribution in [0.3, 0.4) is 0 Å². The lowest BCUT2D eigenvalue weighted by Crippen LogP contribution is -2.42. The highest BCUT2D eigenvalue weighted by Gasteiger charge is 2.31. The average Bonchev–Trinajstić information content (AvgIpc) is 3.18. The highest BCUT2D eigenvalue weighted by atomic mass is 19.1. The standard InChI is InChI=1S/C22H21FN2O2/c23-18-8-10-19(11-9-18)27-16-12-21(26)25-15-14-24-13-4-7-20(24)22(25)17-5-2-1-3-6-17/h1-11,13,22H,12,14-16H2. The van der Waals surface area contributed by atoms with Crippen molar-refractivity contribution in [3.63, 3.8) is 0 Å². The van der Waals surface area contributed by atoms with Gasteiger partial charge in [-0.2, -0.15) is 0 Å². The van der Waals surface area contributed by atoms with Gasteiger partial charge in [0.15, 0.2) is 0 Å². The highest BCUT2D eigenvalue weighted by molar-refractivity contribution is 5.77. The third-order valence-electron chi connectivity index (χ3n) is 4.87. The number of hydrogen-bond donors (Lipinski definition) is 0. The van der Waals surface area contributed by atoms with Crippen molar-refractivity contribution in [2.24, 2.45) is 0 Å². The third kappa shape index (κ3) is 3.72. The van der Waals surface area contributed by atoms with Crippen molar-refractivity contribution in [1.82, 2.24) is 9.47 Å². The molecule has 0 radical (unpaired) electrons. The normalized spacial score (nSPS) is 16.0. The summed E-state index contributed by atoms with van der Waals surface area (Å²) in [5, 5.41) is 0. The van der Waals surface area contributed by atoms with Crippen LogP contribution in [-0.4, -0.2) is 28.5 Å². The number of carbonyl (C=O) groups excluding carboxylic acids is 1. The minimum Gasteiger partial charge on any atom is -0.493 e. The lowest BCUT2D eigenvalue weighted by atomic mass is 9.99. The van der Waals surface area contributed by atoms with Gasteiger partial charge in [-0.05, 0) is 42.0 Å². The monoisotopic (exact) mass is 364 g/mol. The van der Waals surface area contributed by atoms with Gasteiger partial charge < -0.3 is 14.2 Å². The zero-order chi connectivity index (χ0) is 18.6. The van der Waals surface area contributed by atoms with Crippen LogP contribution in [0.4, 0.5) is 4.39 Å². The molecule has 0 fully saturated rings. The number of benzene rings is 2. The summed E-state index contributed by atoms with van der Waals surface area (Å²) >= 11 is 0. The van der Waals surface area contributed by atoms with Gasteiger partial charge in [0.05, 0.1) is 19.1 Å². The van der Waals surface area contributed by atoms with Crippen LogP contribution in [0, 0.1) is 5.82 Å². The molecule has 0 N–H and O–H groups in total. The molecular weight excluding hydrogens is 343 g/mol. The van der Waals surface area contributed by atoms with Gasteiger partial charge in [0.2, 0.25) is 5.91 Å². The van der Waals surface area contributed by atoms with Crippen LogP contribution in [0.1, 0.15) is 23.7 Å². The number of ether oxygens (including phenoxy) is 1. The Morgan fingerprint density at radius 2 is 1.78 bits per heavy atom. The van der Waals surface area contributed by atoms with Crippen molar-refractivity contribution >= 4 is 5.91 Å². The van der Waals surface area contributed by atoms with Gasteiger partial charge in [-0.25, -0.2) is 4.39 Å². The molecule has 2 heterocycles. The summed E-state index contributed by atoms with van der Waals surface area (Å²) < 4.78 is 20.8. The van der Waals surface area contributed by atoms with E-state index in [1.54, 1.807) is 12.1 Å². The molecule has 3 aromatic rings. The van der Waals surface area contributed by atoms with E-state index in [1.165, 1.54) is 12.1 Å². The van der Waals surface area contributed by atoms with Gasteiger partial charge in [-0.1, -0.05) is 30.3 Å². The molecule has 5 heteroatoms. The Labute approximate surface area is 157 Å². The number of amides is 1. The van der Waals surface area contributed by atoms with Crippen molar-refractivity contribution < 1.29 is 13.9 Å². The van der Waals surface area contributed by atoms with Gasteiger partial charge in [0, 0.05) is 25.0 Å². The molecule has 4 nitrogen and oxygen atoms in total. The van der Waals surface area contributed by atoms with Crippen LogP contribution in [0.15, 0.2) is 72.9 Å². The Bertz CT molecular complexity index is 906. The summed E-state index contributed by atoms with van der Waals surface area (Å²) in [4.78, 5) is 14.9. The van der Waals surface area contributed by atoms with E-state index in [0.29, 0.717) is 12.3 Å². The van der Waals surface area contributed by atoms with E-state index < -0.39 is 0 Å². The molecule has 0 saturated heterocycles. The molecule has 1 aromatic heterocycles. The Morgan fingerprint density at radius 3 is 2.56 bits per heavy atom. The molecule has 4 rings (SSSR count). The number of carbonyl (C=O) groups is 1. The van der Waals surface area contributed by atoms with Crippen LogP contribution in [0.2, 0.25) is 0 Å². The fourth-order valence-corrected chi connectivity index (χ4v) is 3.57. The van der Waals surface area contributed by atoms with E-state index in [-0.39, 0.29) is 30.8 Å². The molecule has 1 atom stereocenters. The highest BCUT2D eigenvalue weighted by Crippen LogP contribution is 2.32. The molecule has 0 bridgehead atoms. The molecule has 0 aliphatic carbocycles. The van der Waals surface area contributed by atoms with E-state index in [0.717, 1.165) is 17.8 Å². The van der Waals surface area contributed by atoms with Gasteiger partial charge >= 0.3 is 0 Å². The molecule has 1 aliphatic rings. The molecule has 1 unspecified atom stereocenters. The van der Waals surface area contributed by atoms with Crippen molar-refractivity contribution in [1.29, 1.82) is 0 Å². The first-order valence-corrected chi connectivity index (χ1v) is 9.10. The van der Waals surface area contributed by atoms with Crippen LogP contribution in [0.25, 0.3) is 0 Å². The maximum absolute atomic E-state index is 13.0. The molecule has 2 aromatic carbocycles. The minimum absolute atomic E-state index is 0.0541. The average molecular weight is 364 g/mol. The number of hydrogen-bond acceptors (Lipinski definition) is 2. The quantitative estimate of drug-likeness (QED) is 0.685. The maximum Gasteiger partial charge on any atom is 0.226 e. The van der Waals surface area contributed by atoms with Gasteiger partial charge in [-0.3, -0.25) is 4.79 Å². The topological polar surface area (TPSA) is 34.5 Å². The third-order valence-corrected chi connectivity index (χ3v) is 4.87. The molecule has 1 amide bonds. The Balaban J connectivity index is 1.47. The van der Waals surface area contributed by atoms with Crippen molar-refractivity contribution in [3.8, 4) is 5.75 Å². The first kappa shape index (κ1) is 17.3. The lowest BCUT2D eigenvalue weighted by Gasteiger charge is -2.37. The first-order chi connectivity index (χ1) is 13.2. The van der Waals surface area contributed by atoms with E-state index >= 15 is 0 Å². The fraction of sp³-hybridized carbons (Fsp3) is 0.227. The second-order valence-corrected chi connectivity index (χ2v) is 6.58. The van der Waals surface area contributed by atoms with Gasteiger partial charge in [0.25, 0.3) is 0 Å². The predicted molar refractivity (Wildman–Crippen MR) is 101 cm³/mol. The second kappa shape index (κ2) is 7.66. The smallest absolute Gasteiger partial charge is 0.226 e. The number of rotatable bonds is 5. The number of nitrogens with zero attached hydrogens (tertiary/aromatic N) is 2. The van der Waals surface area contributed by atoms with E-state index in [4.69, 9.17) is 4.74 Å². The SMILES string of the molecule is O=C(CCOc1ccc(F)cc1)N1CCn2cccc2C1c1ccccc1. The first-order valence-electron chi connectivity index (χ1n) is 9.10. The zero-order valence-corrected chi connectivity index (χ0v) is 14.9. The minimum atomic E-state index is -0.305. The summed E-state index contributed by atoms with van der Waals surface area (Å²) in [6.45, 7) is 1.72. The van der Waals surface area contributed by atoms with Crippen LogP contribution < -0.4 is 4.74 Å². The van der Waals surface area contributed by atoms with E-state index in [2.05, 4.69) is 29.0 Å². The fourth-order valence-electron chi connectivity index (χ4n) is 3.57. The molecule has 27 heavy (non-hydrogen) atoms. The summed E-state index contributed by atoms with van der Waals surface area (Å²) in [7, 11) is 0. The van der Waals surface area contributed by atoms with Crippen molar-refractivity contribution in [2.75, 3.05) is 13.2 Å². The predicted octanol–water partition coefficient (Wildman–Crippen LogP) is 4.03. The zero-order valence-electron chi connectivity index (χ0n) is 14.9. The van der Waals surface area contributed by atoms with Crippen molar-refractivity contribution in [3.05, 3.63) is 90.0 Å². The van der Waals surface area contributed by atoms with Crippen molar-refractivity contribution in [2.45, 2.75) is 19.0 Å². The lowest BCUT2D eigenvalue weighted by molar-refractivity contribution is -0.134. The number of aromatic nitrogens is 1. The molecule has 0 spiro atoms. The van der Waals surface area contributed by atoms with Crippen LogP contribution in [-0.2, 0) is 11.3 Å². The molecule has 138 valence electrons. The molecular formula is C22H21FN2O2. The van der Waals surface area contributed by atoms with E-state index in [9.17, 15) is 9.18 Å². The summed E-state index contributed by atoms with van der Waals surface area (Å²) in [6.07, 6.45) is 2.34. The largest absolute Gasteiger partial charge is 0.493 e. The number of fused-ring (bicyclic) bond motifs is 1. The Hall–Kier alpha value is -3.08. The van der Waals surface area contributed by atoms with Gasteiger partial charge in [0.1, 0.15) is 11.6 Å². The summed E-state index contributed by atoms with van der Waals surface area (Å²) in [6, 6.07) is 19.9. The summed E-state index contributed by atoms with van der Waals surface area (Å²) in [5.74, 6) is 0.315. The molecule has 0 saturated carbocycles. The van der Waals surface area contributed by atoms with Crippen LogP contribution in [0.5, 0.6) is 5.75 Å². The number of halogens is 1. The van der Waals surface area contributed by atoms with Crippen LogP contribution >= 0.6 is 0 Å². The Morgan fingerprint density at radius 1 is 1.00 bits per heavy atom. The Kier molecular flexibility index (Phi) is 4.92. The van der Waals surface area contributed by atoms with E-state index in [1.807, 2.05) is 29.2 Å². The second-order valence-electron chi connectivity index (χ2n) is 6.58. The molecule has 1 aliphatic heterocycles. The summed E-state index contributed by atoms with van der Waals surface area (Å²) in [5.41, 5.74) is 2.23.